The molecule has 0 saturated heterocycles. The van der Waals surface area contributed by atoms with Gasteiger partial charge >= 0.3 is 5.97 Å². The quantitative estimate of drug-likeness (QED) is 0.318. The van der Waals surface area contributed by atoms with Gasteiger partial charge < -0.3 is 19.2 Å². The summed E-state index contributed by atoms with van der Waals surface area (Å²) in [5, 5.41) is 21.1. The molecule has 1 atom stereocenters. The number of carboxylic acid groups (broad SMARTS) is 1. The van der Waals surface area contributed by atoms with E-state index in [1.807, 2.05) is 30.3 Å². The van der Waals surface area contributed by atoms with E-state index in [0.717, 1.165) is 40.0 Å². The monoisotopic (exact) mass is 553 g/mol. The average Bonchev–Trinajstić information content (AvgIpc) is 3.75. The Morgan fingerprint density at radius 1 is 1.07 bits per heavy atom. The Morgan fingerprint density at radius 3 is 2.80 bits per heavy atom. The van der Waals surface area contributed by atoms with Crippen LogP contribution in [0.25, 0.3) is 39.1 Å². The van der Waals surface area contributed by atoms with E-state index < -0.39 is 5.97 Å². The summed E-state index contributed by atoms with van der Waals surface area (Å²) in [5.74, 6) is -0.237. The van der Waals surface area contributed by atoms with Crippen molar-refractivity contribution >= 4 is 28.6 Å². The van der Waals surface area contributed by atoms with Crippen molar-refractivity contribution in [2.45, 2.75) is 25.4 Å². The van der Waals surface area contributed by atoms with Crippen LogP contribution in [0.4, 0.5) is 0 Å². The maximum absolute atomic E-state index is 13.5. The molecule has 40 heavy (non-hydrogen) atoms. The summed E-state index contributed by atoms with van der Waals surface area (Å²) in [6.07, 6.45) is 6.19. The third-order valence-electron chi connectivity index (χ3n) is 7.15. The zero-order chi connectivity index (χ0) is 27.4. The summed E-state index contributed by atoms with van der Waals surface area (Å²) in [6.45, 7) is -0.155. The number of nitrogens with one attached hydrogen (secondary N) is 1. The number of aryl methyl sites for hydroxylation is 1. The van der Waals surface area contributed by atoms with Crippen molar-refractivity contribution in [2.75, 3.05) is 0 Å². The van der Waals surface area contributed by atoms with Crippen molar-refractivity contribution < 1.29 is 9.90 Å². The first-order valence-corrected chi connectivity index (χ1v) is 12.8. The second-order valence-electron chi connectivity index (χ2n) is 9.57. The number of aromatic nitrogens is 9. The van der Waals surface area contributed by atoms with E-state index in [-0.39, 0.29) is 18.1 Å². The number of carboxylic acids is 1. The van der Waals surface area contributed by atoms with Gasteiger partial charge in [-0.2, -0.15) is 4.68 Å². The zero-order valence-corrected chi connectivity index (χ0v) is 21.5. The van der Waals surface area contributed by atoms with Crippen LogP contribution in [0.1, 0.15) is 24.0 Å². The average molecular weight is 554 g/mol. The number of hydrogen-bond acceptors (Lipinski definition) is 7. The number of halogens is 1. The molecule has 7 rings (SSSR count). The topological polar surface area (TPSA) is 149 Å². The van der Waals surface area contributed by atoms with Crippen LogP contribution in [-0.2, 0) is 17.8 Å². The van der Waals surface area contributed by atoms with Gasteiger partial charge in [-0.1, -0.05) is 17.7 Å². The highest BCUT2D eigenvalue weighted by Gasteiger charge is 2.28. The van der Waals surface area contributed by atoms with Gasteiger partial charge in [0.05, 0.1) is 41.0 Å². The van der Waals surface area contributed by atoms with Gasteiger partial charge in [-0.25, -0.2) is 9.97 Å². The standard InChI is InChI=1S/C27H20ClN9O3/c28-17-2-5-22(36-14-31-33-34-36)19(10-17)16-7-18-3-6-24(37(18)25(38)9-16)27-29-11-21(32-27)15-1-4-23-20(8-15)30-13-35(23)12-26(39)40/h1-2,4-5,7-11,13-14,24H,3,6,12H2,(H,29,32)(H,39,40)/t24-/m0/s1. The SMILES string of the molecule is O=C(O)Cn1cnc2cc(-c3cnc([C@@H]4CCc5cc(-c6cc(Cl)ccc6-n6cnnn6)cc(=O)n54)[nH]3)ccc21. The summed E-state index contributed by atoms with van der Waals surface area (Å²) in [4.78, 5) is 36.9. The molecule has 2 aromatic carbocycles. The lowest BCUT2D eigenvalue weighted by Gasteiger charge is -2.15. The molecular weight excluding hydrogens is 534 g/mol. The molecule has 4 aromatic heterocycles. The number of imidazole rings is 2. The fourth-order valence-electron chi connectivity index (χ4n) is 5.38. The largest absolute Gasteiger partial charge is 0.480 e. The number of pyridine rings is 1. The molecule has 6 aromatic rings. The van der Waals surface area contributed by atoms with Crippen molar-refractivity contribution in [2.24, 2.45) is 0 Å². The normalized spacial score (nSPS) is 14.6. The minimum atomic E-state index is -0.929. The third kappa shape index (κ3) is 4.05. The molecule has 2 N–H and O–H groups in total. The molecule has 12 nitrogen and oxygen atoms in total. The van der Waals surface area contributed by atoms with E-state index in [1.165, 1.54) is 17.3 Å². The van der Waals surface area contributed by atoms with Gasteiger partial charge in [0.1, 0.15) is 18.7 Å². The van der Waals surface area contributed by atoms with E-state index >= 15 is 0 Å². The Bertz CT molecular complexity index is 1970. The van der Waals surface area contributed by atoms with E-state index in [4.69, 9.17) is 16.7 Å². The second kappa shape index (κ2) is 9.27. The number of fused-ring (bicyclic) bond motifs is 2. The summed E-state index contributed by atoms with van der Waals surface area (Å²) in [5.41, 5.74) is 6.04. The molecule has 0 bridgehead atoms. The molecule has 0 aliphatic carbocycles. The van der Waals surface area contributed by atoms with Gasteiger partial charge in [0.2, 0.25) is 0 Å². The predicted molar refractivity (Wildman–Crippen MR) is 145 cm³/mol. The Hall–Kier alpha value is -5.10. The van der Waals surface area contributed by atoms with E-state index in [2.05, 4.69) is 30.5 Å². The molecule has 0 fully saturated rings. The van der Waals surface area contributed by atoms with Crippen LogP contribution >= 0.6 is 11.6 Å². The molecule has 0 saturated carbocycles. The Morgan fingerprint density at radius 2 is 1.98 bits per heavy atom. The summed E-state index contributed by atoms with van der Waals surface area (Å²) in [7, 11) is 0. The first kappa shape index (κ1) is 24.0. The minimum absolute atomic E-state index is 0.138. The van der Waals surface area contributed by atoms with Gasteiger partial charge in [-0.05, 0) is 65.2 Å². The van der Waals surface area contributed by atoms with Crippen molar-refractivity contribution in [3.05, 3.63) is 94.3 Å². The highest BCUT2D eigenvalue weighted by molar-refractivity contribution is 6.31. The maximum Gasteiger partial charge on any atom is 0.323 e. The first-order chi connectivity index (χ1) is 19.4. The molecule has 1 aliphatic heterocycles. The van der Waals surface area contributed by atoms with Crippen LogP contribution in [0, 0.1) is 0 Å². The number of carbonyl (C=O) groups is 1. The molecule has 1 aliphatic rings. The van der Waals surface area contributed by atoms with Crippen LogP contribution in [0.15, 0.2) is 72.2 Å². The van der Waals surface area contributed by atoms with Crippen molar-refractivity contribution in [3.8, 4) is 28.1 Å². The van der Waals surface area contributed by atoms with E-state index in [9.17, 15) is 9.59 Å². The summed E-state index contributed by atoms with van der Waals surface area (Å²) >= 11 is 6.31. The fraction of sp³-hybridized carbons (Fsp3) is 0.148. The number of nitrogens with zero attached hydrogens (tertiary/aromatic N) is 8. The highest BCUT2D eigenvalue weighted by Crippen LogP contribution is 2.34. The number of hydrogen-bond donors (Lipinski definition) is 2. The Labute approximate surface area is 230 Å². The van der Waals surface area contributed by atoms with Gasteiger partial charge in [0, 0.05) is 27.9 Å². The van der Waals surface area contributed by atoms with Gasteiger partial charge in [0.15, 0.2) is 0 Å². The smallest absolute Gasteiger partial charge is 0.323 e. The number of benzene rings is 2. The Kier molecular flexibility index (Phi) is 5.56. The van der Waals surface area contributed by atoms with E-state index in [1.54, 1.807) is 33.5 Å². The highest BCUT2D eigenvalue weighted by atomic mass is 35.5. The fourth-order valence-corrected chi connectivity index (χ4v) is 5.55. The molecule has 0 spiro atoms. The lowest BCUT2D eigenvalue weighted by atomic mass is 10.0. The number of H-pyrrole nitrogens is 1. The van der Waals surface area contributed by atoms with Crippen LogP contribution in [-0.4, -0.2) is 55.4 Å². The van der Waals surface area contributed by atoms with Crippen LogP contribution in [0.5, 0.6) is 0 Å². The molecule has 5 heterocycles. The van der Waals surface area contributed by atoms with Gasteiger partial charge in [-0.15, -0.1) is 5.10 Å². The van der Waals surface area contributed by atoms with Crippen LogP contribution < -0.4 is 5.56 Å². The van der Waals surface area contributed by atoms with Crippen molar-refractivity contribution in [1.29, 1.82) is 0 Å². The number of aromatic amines is 1. The molecular formula is C27H20ClN9O3. The lowest BCUT2D eigenvalue weighted by molar-refractivity contribution is -0.137. The van der Waals surface area contributed by atoms with Crippen molar-refractivity contribution in [1.82, 2.24) is 44.3 Å². The number of tetrazole rings is 1. The lowest BCUT2D eigenvalue weighted by Crippen LogP contribution is -2.23. The molecule has 13 heteroatoms. The number of aliphatic carboxylic acids is 1. The molecule has 0 unspecified atom stereocenters. The molecule has 198 valence electrons. The van der Waals surface area contributed by atoms with Gasteiger partial charge in [0.25, 0.3) is 5.56 Å². The molecule has 0 amide bonds. The Balaban J connectivity index is 1.21. The summed E-state index contributed by atoms with van der Waals surface area (Å²) < 4.78 is 4.91. The minimum Gasteiger partial charge on any atom is -0.480 e. The van der Waals surface area contributed by atoms with Crippen LogP contribution in [0.2, 0.25) is 5.02 Å². The zero-order valence-electron chi connectivity index (χ0n) is 20.8. The second-order valence-corrected chi connectivity index (χ2v) is 10.0. The van der Waals surface area contributed by atoms with Crippen LogP contribution in [0.3, 0.4) is 0 Å². The predicted octanol–water partition coefficient (Wildman–Crippen LogP) is 3.50. The maximum atomic E-state index is 13.5. The third-order valence-corrected chi connectivity index (χ3v) is 7.38. The van der Waals surface area contributed by atoms with E-state index in [0.29, 0.717) is 28.5 Å². The van der Waals surface area contributed by atoms with Crippen molar-refractivity contribution in [3.63, 3.8) is 0 Å². The first-order valence-electron chi connectivity index (χ1n) is 12.5. The number of rotatable bonds is 6. The van der Waals surface area contributed by atoms with Gasteiger partial charge in [-0.3, -0.25) is 9.59 Å². The summed E-state index contributed by atoms with van der Waals surface area (Å²) in [6, 6.07) is 14.4. The molecule has 0 radical (unpaired) electrons.